The maximum atomic E-state index is 4.24. The molecule has 0 saturated carbocycles. The van der Waals surface area contributed by atoms with Crippen molar-refractivity contribution in [1.29, 1.82) is 0 Å². The first-order chi connectivity index (χ1) is 3.13. The summed E-state index contributed by atoms with van der Waals surface area (Å²) in [4.78, 5) is 0. The zero-order chi connectivity index (χ0) is 5.86. The summed E-state index contributed by atoms with van der Waals surface area (Å²) in [6, 6.07) is 0. The van der Waals surface area contributed by atoms with Crippen LogP contribution in [0.15, 0.2) is 0 Å². The smallest absolute Gasteiger partial charge is 0.000916 e. The number of hydrogen-bond donors (Lipinski definition) is 1. The highest BCUT2D eigenvalue weighted by Gasteiger charge is 1.96. The quantitative estimate of drug-likeness (QED) is 0.529. The molecular weight excluding hydrogens is 104 g/mol. The van der Waals surface area contributed by atoms with Crippen LogP contribution < -0.4 is 0 Å². The van der Waals surface area contributed by atoms with Crippen molar-refractivity contribution in [3.63, 3.8) is 0 Å². The van der Waals surface area contributed by atoms with Crippen LogP contribution in [0, 0.1) is 5.92 Å². The molecule has 0 aliphatic carbocycles. The van der Waals surface area contributed by atoms with Crippen molar-refractivity contribution in [2.45, 2.75) is 32.4 Å². The Morgan fingerprint density at radius 2 is 1.71 bits per heavy atom. The molecule has 0 unspecified atom stereocenters. The number of rotatable bonds is 2. The highest BCUT2D eigenvalue weighted by atomic mass is 32.1. The Labute approximate surface area is 51.7 Å². The molecule has 0 fully saturated rings. The molecule has 0 aliphatic heterocycles. The molecule has 1 heteroatoms. The minimum atomic E-state index is 0.569. The van der Waals surface area contributed by atoms with E-state index in [0.717, 1.165) is 5.92 Å². The Kier molecular flexibility index (Phi) is 3.53. The lowest BCUT2D eigenvalue weighted by Gasteiger charge is -2.04. The van der Waals surface area contributed by atoms with E-state index in [2.05, 4.69) is 33.4 Å². The maximum absolute atomic E-state index is 4.24. The lowest BCUT2D eigenvalue weighted by molar-refractivity contribution is 0.586. The predicted octanol–water partition coefficient (Wildman–Crippen LogP) is 2.35. The van der Waals surface area contributed by atoms with Gasteiger partial charge >= 0.3 is 0 Å². The normalized spacial score (nSPS) is 15.0. The van der Waals surface area contributed by atoms with Gasteiger partial charge in [0, 0.05) is 0 Å². The van der Waals surface area contributed by atoms with Crippen LogP contribution in [-0.4, -0.2) is 5.25 Å². The van der Waals surface area contributed by atoms with Gasteiger partial charge < -0.3 is 0 Å². The van der Waals surface area contributed by atoms with Gasteiger partial charge in [-0.15, -0.1) is 0 Å². The summed E-state index contributed by atoms with van der Waals surface area (Å²) < 4.78 is 0. The summed E-state index contributed by atoms with van der Waals surface area (Å²) in [5.74, 6) is 0.799. The monoisotopic (exact) mass is 118 g/mol. The summed E-state index contributed by atoms with van der Waals surface area (Å²) in [5.41, 5.74) is 0. The lowest BCUT2D eigenvalue weighted by Crippen LogP contribution is -1.96. The average Bonchev–Trinajstić information content (AvgIpc) is 1.27. The second kappa shape index (κ2) is 3.36. The van der Waals surface area contributed by atoms with Crippen LogP contribution in [0.5, 0.6) is 0 Å². The van der Waals surface area contributed by atoms with Crippen molar-refractivity contribution >= 4 is 12.6 Å². The van der Waals surface area contributed by atoms with Crippen molar-refractivity contribution in [1.82, 2.24) is 0 Å². The SMILES string of the molecule is CC(C)C[C@@H](C)S. The summed E-state index contributed by atoms with van der Waals surface area (Å²) in [5, 5.41) is 0.569. The molecule has 0 saturated heterocycles. The van der Waals surface area contributed by atoms with Gasteiger partial charge in [0.25, 0.3) is 0 Å². The highest BCUT2D eigenvalue weighted by molar-refractivity contribution is 7.80. The summed E-state index contributed by atoms with van der Waals surface area (Å²) in [7, 11) is 0. The van der Waals surface area contributed by atoms with E-state index in [1.54, 1.807) is 0 Å². The van der Waals surface area contributed by atoms with E-state index in [1.165, 1.54) is 6.42 Å². The average molecular weight is 118 g/mol. The van der Waals surface area contributed by atoms with Crippen LogP contribution in [0.4, 0.5) is 0 Å². The van der Waals surface area contributed by atoms with Crippen LogP contribution in [-0.2, 0) is 0 Å². The predicted molar refractivity (Wildman–Crippen MR) is 37.9 cm³/mol. The summed E-state index contributed by atoms with van der Waals surface area (Å²) in [6.45, 7) is 6.56. The van der Waals surface area contributed by atoms with Gasteiger partial charge in [-0.05, 0) is 17.6 Å². The third kappa shape index (κ3) is 6.35. The third-order valence-electron chi connectivity index (χ3n) is 0.813. The Balaban J connectivity index is 2.95. The molecule has 0 bridgehead atoms. The van der Waals surface area contributed by atoms with E-state index in [-0.39, 0.29) is 0 Å². The maximum Gasteiger partial charge on any atom is -0.000916 e. The topological polar surface area (TPSA) is 0 Å². The molecule has 0 spiro atoms. The van der Waals surface area contributed by atoms with Crippen molar-refractivity contribution in [2.24, 2.45) is 5.92 Å². The van der Waals surface area contributed by atoms with Crippen LogP contribution in [0.3, 0.4) is 0 Å². The van der Waals surface area contributed by atoms with Crippen molar-refractivity contribution in [3.8, 4) is 0 Å². The van der Waals surface area contributed by atoms with Gasteiger partial charge in [-0.3, -0.25) is 0 Å². The molecule has 7 heavy (non-hydrogen) atoms. The first-order valence-electron chi connectivity index (χ1n) is 2.81. The van der Waals surface area contributed by atoms with E-state index < -0.39 is 0 Å². The van der Waals surface area contributed by atoms with Crippen LogP contribution in [0.2, 0.25) is 0 Å². The molecule has 1 atom stereocenters. The highest BCUT2D eigenvalue weighted by Crippen LogP contribution is 2.07. The van der Waals surface area contributed by atoms with Gasteiger partial charge in [0.15, 0.2) is 0 Å². The molecule has 0 heterocycles. The molecule has 0 N–H and O–H groups in total. The third-order valence-corrected chi connectivity index (χ3v) is 1.02. The van der Waals surface area contributed by atoms with Gasteiger partial charge in [-0.2, -0.15) is 12.6 Å². The van der Waals surface area contributed by atoms with E-state index in [4.69, 9.17) is 0 Å². The van der Waals surface area contributed by atoms with Crippen LogP contribution >= 0.6 is 12.6 Å². The van der Waals surface area contributed by atoms with Crippen LogP contribution in [0.1, 0.15) is 27.2 Å². The molecule has 0 amide bonds. The number of hydrogen-bond acceptors (Lipinski definition) is 1. The molecule has 0 radical (unpaired) electrons. The van der Waals surface area contributed by atoms with Crippen LogP contribution in [0.25, 0.3) is 0 Å². The fourth-order valence-electron chi connectivity index (χ4n) is 0.682. The van der Waals surface area contributed by atoms with Gasteiger partial charge in [0.05, 0.1) is 0 Å². The van der Waals surface area contributed by atoms with Gasteiger partial charge in [0.1, 0.15) is 0 Å². The molecular formula is C6H14S. The summed E-state index contributed by atoms with van der Waals surface area (Å²) >= 11 is 4.24. The standard InChI is InChI=1S/C6H14S/c1-5(2)4-6(3)7/h5-7H,4H2,1-3H3/t6-/m1/s1. The van der Waals surface area contributed by atoms with Crippen molar-refractivity contribution < 1.29 is 0 Å². The Morgan fingerprint density at radius 1 is 1.29 bits per heavy atom. The van der Waals surface area contributed by atoms with E-state index >= 15 is 0 Å². The molecule has 0 aliphatic rings. The zero-order valence-electron chi connectivity index (χ0n) is 5.31. The van der Waals surface area contributed by atoms with E-state index in [1.807, 2.05) is 0 Å². The first kappa shape index (κ1) is 7.35. The lowest BCUT2D eigenvalue weighted by atomic mass is 10.1. The van der Waals surface area contributed by atoms with Gasteiger partial charge in [-0.25, -0.2) is 0 Å². The van der Waals surface area contributed by atoms with Gasteiger partial charge in [0.2, 0.25) is 0 Å². The molecule has 0 aromatic carbocycles. The molecule has 0 nitrogen and oxygen atoms in total. The molecule has 44 valence electrons. The Bertz CT molecular complexity index is 33.4. The molecule has 0 aromatic heterocycles. The van der Waals surface area contributed by atoms with Crippen molar-refractivity contribution in [2.75, 3.05) is 0 Å². The zero-order valence-corrected chi connectivity index (χ0v) is 6.20. The first-order valence-corrected chi connectivity index (χ1v) is 3.32. The van der Waals surface area contributed by atoms with E-state index in [9.17, 15) is 0 Å². The fourth-order valence-corrected chi connectivity index (χ4v) is 1.10. The molecule has 0 rings (SSSR count). The minimum Gasteiger partial charge on any atom is -0.176 e. The van der Waals surface area contributed by atoms with E-state index in [0.29, 0.717) is 5.25 Å². The Morgan fingerprint density at radius 3 is 1.71 bits per heavy atom. The largest absolute Gasteiger partial charge is 0.176 e. The fraction of sp³-hybridized carbons (Fsp3) is 1.00. The van der Waals surface area contributed by atoms with Gasteiger partial charge in [-0.1, -0.05) is 20.8 Å². The summed E-state index contributed by atoms with van der Waals surface area (Å²) in [6.07, 6.45) is 1.23. The second-order valence-electron chi connectivity index (χ2n) is 2.48. The Hall–Kier alpha value is 0.350. The number of thiol groups is 1. The second-order valence-corrected chi connectivity index (χ2v) is 3.36. The van der Waals surface area contributed by atoms with Crippen molar-refractivity contribution in [3.05, 3.63) is 0 Å². The molecule has 0 aromatic rings. The minimum absolute atomic E-state index is 0.569.